The summed E-state index contributed by atoms with van der Waals surface area (Å²) in [6, 6.07) is 23.0. The number of sulfonamides is 1. The number of aromatic nitrogens is 1. The topological polar surface area (TPSA) is 80.3 Å². The molecule has 0 amide bonds. The van der Waals surface area contributed by atoms with Crippen molar-refractivity contribution >= 4 is 38.3 Å². The molecular formula is C33H37N3O3S2. The standard InChI is InChI=1S/C33H37N3O3S2/c1-33(2,3)19-21-39-27-16-10-14-25(22-27)31-30-29-18-8-7-13-24(29)12-6-4-5-9-20-34-26-15-11-17-28(23-26)41(37,38)36-32(35-30)40-31/h6-8,10-18,22-23,34H,4-5,9,19-21H2,1-3H3,(H,35,36)/b12-6-. The summed E-state index contributed by atoms with van der Waals surface area (Å²) in [7, 11) is -3.85. The maximum atomic E-state index is 13.5. The summed E-state index contributed by atoms with van der Waals surface area (Å²) in [4.78, 5) is 5.95. The van der Waals surface area contributed by atoms with Gasteiger partial charge in [0.1, 0.15) is 5.75 Å². The second kappa shape index (κ2) is 12.5. The van der Waals surface area contributed by atoms with Gasteiger partial charge in [0.2, 0.25) is 0 Å². The zero-order valence-corrected chi connectivity index (χ0v) is 25.4. The van der Waals surface area contributed by atoms with E-state index in [1.807, 2.05) is 48.5 Å². The van der Waals surface area contributed by atoms with E-state index in [4.69, 9.17) is 9.72 Å². The quantitative estimate of drug-likeness (QED) is 0.250. The predicted molar refractivity (Wildman–Crippen MR) is 171 cm³/mol. The van der Waals surface area contributed by atoms with Crippen LogP contribution in [0, 0.1) is 5.41 Å². The van der Waals surface area contributed by atoms with Crippen LogP contribution in [0.1, 0.15) is 52.0 Å². The monoisotopic (exact) mass is 587 g/mol. The van der Waals surface area contributed by atoms with E-state index in [9.17, 15) is 8.42 Å². The van der Waals surface area contributed by atoms with Gasteiger partial charge >= 0.3 is 0 Å². The number of thiazole rings is 1. The van der Waals surface area contributed by atoms with Crippen LogP contribution < -0.4 is 14.8 Å². The second-order valence-corrected chi connectivity index (χ2v) is 14.1. The van der Waals surface area contributed by atoms with Gasteiger partial charge in [-0.2, -0.15) is 0 Å². The van der Waals surface area contributed by atoms with Gasteiger partial charge in [0.15, 0.2) is 5.13 Å². The largest absolute Gasteiger partial charge is 0.494 e. The molecule has 0 saturated heterocycles. The molecule has 8 heteroatoms. The van der Waals surface area contributed by atoms with Gasteiger partial charge in [-0.05, 0) is 72.6 Å². The molecule has 0 spiro atoms. The molecule has 4 aromatic rings. The van der Waals surface area contributed by atoms with Crippen molar-refractivity contribution in [1.29, 1.82) is 0 Å². The molecule has 4 bridgehead atoms. The fourth-order valence-electron chi connectivity index (χ4n) is 4.58. The first-order valence-corrected chi connectivity index (χ1v) is 16.3. The molecule has 3 aromatic carbocycles. The van der Waals surface area contributed by atoms with Crippen LogP contribution >= 0.6 is 11.3 Å². The molecular weight excluding hydrogens is 551 g/mol. The van der Waals surface area contributed by atoms with Gasteiger partial charge < -0.3 is 10.1 Å². The summed E-state index contributed by atoms with van der Waals surface area (Å²) < 4.78 is 35.8. The van der Waals surface area contributed by atoms with E-state index in [0.717, 1.165) is 70.9 Å². The highest BCUT2D eigenvalue weighted by atomic mass is 32.2. The number of hydrogen-bond acceptors (Lipinski definition) is 6. The zero-order valence-electron chi connectivity index (χ0n) is 23.8. The molecule has 2 N–H and O–H groups in total. The molecule has 0 radical (unpaired) electrons. The maximum Gasteiger partial charge on any atom is 0.263 e. The van der Waals surface area contributed by atoms with E-state index >= 15 is 0 Å². The van der Waals surface area contributed by atoms with Gasteiger partial charge in [-0.3, -0.25) is 4.72 Å². The molecule has 0 saturated carbocycles. The fraction of sp³-hybridized carbons (Fsp3) is 0.303. The number of anilines is 2. The highest BCUT2D eigenvalue weighted by molar-refractivity contribution is 7.93. The third kappa shape index (κ3) is 7.57. The summed E-state index contributed by atoms with van der Waals surface area (Å²) in [6.07, 6.45) is 8.24. The van der Waals surface area contributed by atoms with E-state index in [2.05, 4.69) is 49.0 Å². The fourth-order valence-corrected chi connectivity index (χ4v) is 6.84. The lowest BCUT2D eigenvalue weighted by Gasteiger charge is -2.18. The molecule has 5 rings (SSSR count). The van der Waals surface area contributed by atoms with E-state index in [1.54, 1.807) is 18.2 Å². The van der Waals surface area contributed by atoms with Crippen LogP contribution in [0.5, 0.6) is 5.75 Å². The second-order valence-electron chi connectivity index (χ2n) is 11.4. The number of hydrogen-bond donors (Lipinski definition) is 2. The van der Waals surface area contributed by atoms with Crippen LogP contribution in [0.4, 0.5) is 10.8 Å². The van der Waals surface area contributed by atoms with Crippen LogP contribution in [0.2, 0.25) is 0 Å². The van der Waals surface area contributed by atoms with Gasteiger partial charge in [-0.25, -0.2) is 13.4 Å². The Kier molecular flexibility index (Phi) is 8.80. The van der Waals surface area contributed by atoms with Crippen molar-refractivity contribution < 1.29 is 13.2 Å². The third-order valence-corrected chi connectivity index (χ3v) is 9.34. The van der Waals surface area contributed by atoms with Crippen molar-refractivity contribution in [3.63, 3.8) is 0 Å². The number of fused-ring (bicyclic) bond motifs is 6. The van der Waals surface area contributed by atoms with Crippen molar-refractivity contribution in [3.05, 3.63) is 84.4 Å². The molecule has 0 fully saturated rings. The first-order chi connectivity index (χ1) is 19.7. The van der Waals surface area contributed by atoms with Gasteiger partial charge in [0.25, 0.3) is 10.0 Å². The lowest BCUT2D eigenvalue weighted by atomic mass is 9.93. The van der Waals surface area contributed by atoms with E-state index < -0.39 is 10.0 Å². The van der Waals surface area contributed by atoms with E-state index in [-0.39, 0.29) is 10.3 Å². The number of nitrogens with one attached hydrogen (secondary N) is 2. The summed E-state index contributed by atoms with van der Waals surface area (Å²) in [5, 5.41) is 3.67. The minimum Gasteiger partial charge on any atom is -0.494 e. The Morgan fingerprint density at radius 3 is 2.66 bits per heavy atom. The molecule has 214 valence electrons. The molecule has 0 atom stereocenters. The minimum absolute atomic E-state index is 0.180. The SMILES string of the molecule is CC(C)(C)CCOc1cccc(-c2sc3nc2-c2ccccc2/C=C\CCCCNc2cccc(c2)S(=O)(=O)N3)c1. The predicted octanol–water partition coefficient (Wildman–Crippen LogP) is 8.70. The Bertz CT molecular complexity index is 1640. The van der Waals surface area contributed by atoms with Crippen molar-refractivity contribution in [2.45, 2.75) is 51.3 Å². The molecule has 0 unspecified atom stereocenters. The number of allylic oxidation sites excluding steroid dienone is 1. The summed E-state index contributed by atoms with van der Waals surface area (Å²) in [5.74, 6) is 0.778. The summed E-state index contributed by atoms with van der Waals surface area (Å²) in [5.41, 5.74) is 4.62. The van der Waals surface area contributed by atoms with Gasteiger partial charge in [0.05, 0.1) is 22.1 Å². The van der Waals surface area contributed by atoms with Gasteiger partial charge in [-0.15, -0.1) is 0 Å². The summed E-state index contributed by atoms with van der Waals surface area (Å²) >= 11 is 1.33. The van der Waals surface area contributed by atoms with Crippen LogP contribution in [0.15, 0.2) is 83.8 Å². The minimum atomic E-state index is -3.85. The van der Waals surface area contributed by atoms with Crippen LogP contribution in [-0.4, -0.2) is 26.6 Å². The van der Waals surface area contributed by atoms with Gasteiger partial charge in [-0.1, -0.05) is 86.7 Å². The van der Waals surface area contributed by atoms with Crippen LogP contribution in [0.3, 0.4) is 0 Å². The molecule has 41 heavy (non-hydrogen) atoms. The van der Waals surface area contributed by atoms with E-state index in [0.29, 0.717) is 11.7 Å². The molecule has 6 nitrogen and oxygen atoms in total. The van der Waals surface area contributed by atoms with Crippen molar-refractivity contribution in [3.8, 4) is 27.4 Å². The Labute approximate surface area is 247 Å². The molecule has 0 aliphatic carbocycles. The van der Waals surface area contributed by atoms with Crippen molar-refractivity contribution in [2.75, 3.05) is 23.2 Å². The smallest absolute Gasteiger partial charge is 0.263 e. The molecule has 2 heterocycles. The maximum absolute atomic E-state index is 13.5. The first kappa shape index (κ1) is 28.9. The average Bonchev–Trinajstić information content (AvgIpc) is 3.35. The Hall–Kier alpha value is -3.62. The Morgan fingerprint density at radius 2 is 1.80 bits per heavy atom. The Balaban J connectivity index is 1.58. The van der Waals surface area contributed by atoms with E-state index in [1.165, 1.54) is 11.3 Å². The highest BCUT2D eigenvalue weighted by Gasteiger charge is 2.22. The van der Waals surface area contributed by atoms with Gasteiger partial charge in [0, 0.05) is 17.8 Å². The number of rotatable bonds is 4. The highest BCUT2D eigenvalue weighted by Crippen LogP contribution is 2.42. The third-order valence-electron chi connectivity index (χ3n) is 6.85. The van der Waals surface area contributed by atoms with Crippen LogP contribution in [0.25, 0.3) is 27.8 Å². The number of nitrogens with zero attached hydrogens (tertiary/aromatic N) is 1. The van der Waals surface area contributed by atoms with Crippen molar-refractivity contribution in [2.24, 2.45) is 5.41 Å². The lowest BCUT2D eigenvalue weighted by Crippen LogP contribution is -2.13. The molecule has 1 aromatic heterocycles. The van der Waals surface area contributed by atoms with Crippen molar-refractivity contribution in [1.82, 2.24) is 4.98 Å². The molecule has 1 aliphatic rings. The average molecular weight is 588 g/mol. The van der Waals surface area contributed by atoms with Crippen LogP contribution in [-0.2, 0) is 10.0 Å². The zero-order chi connectivity index (χ0) is 28.9. The summed E-state index contributed by atoms with van der Waals surface area (Å²) in [6.45, 7) is 7.99. The Morgan fingerprint density at radius 1 is 0.976 bits per heavy atom. The molecule has 1 aliphatic heterocycles. The first-order valence-electron chi connectivity index (χ1n) is 14.0. The normalized spacial score (nSPS) is 16.0. The number of ether oxygens (including phenoxy) is 1. The lowest BCUT2D eigenvalue weighted by molar-refractivity contribution is 0.243. The number of benzene rings is 3.